The van der Waals surface area contributed by atoms with Crippen molar-refractivity contribution in [2.24, 2.45) is 0 Å². The highest BCUT2D eigenvalue weighted by molar-refractivity contribution is 7.89. The van der Waals surface area contributed by atoms with Gasteiger partial charge in [0.15, 0.2) is 9.84 Å². The summed E-state index contributed by atoms with van der Waals surface area (Å²) in [4.78, 5) is 25.0. The number of hydrogen-bond acceptors (Lipinski definition) is 4. The van der Waals surface area contributed by atoms with Gasteiger partial charge in [0, 0.05) is 37.8 Å². The summed E-state index contributed by atoms with van der Waals surface area (Å²) in [6.07, 6.45) is 2.01. The van der Waals surface area contributed by atoms with E-state index in [0.717, 1.165) is 0 Å². The standard InChI is InChI=1S/C14H17NO4S/c1-20(18,19)10-11-2-4-12(5-3-11)14(17)15-8-6-13(16)7-9-15/h2-5H,6-10H2,1H3. The fourth-order valence-electron chi connectivity index (χ4n) is 2.19. The molecule has 0 aliphatic carbocycles. The van der Waals surface area contributed by atoms with Gasteiger partial charge in [-0.15, -0.1) is 0 Å². The Bertz CT molecular complexity index is 609. The maximum Gasteiger partial charge on any atom is 0.253 e. The first-order chi connectivity index (χ1) is 9.35. The SMILES string of the molecule is CS(=O)(=O)Cc1ccc(C(=O)N2CCC(=O)CC2)cc1. The van der Waals surface area contributed by atoms with Gasteiger partial charge >= 0.3 is 0 Å². The van der Waals surface area contributed by atoms with Crippen LogP contribution in [0.5, 0.6) is 0 Å². The summed E-state index contributed by atoms with van der Waals surface area (Å²) in [7, 11) is -3.07. The molecule has 20 heavy (non-hydrogen) atoms. The van der Waals surface area contributed by atoms with Crippen LogP contribution in [0.25, 0.3) is 0 Å². The molecular formula is C14H17NO4S. The summed E-state index contributed by atoms with van der Waals surface area (Å²) in [5, 5.41) is 0. The molecule has 0 saturated carbocycles. The lowest BCUT2D eigenvalue weighted by atomic mass is 10.1. The molecule has 5 nitrogen and oxygen atoms in total. The fraction of sp³-hybridized carbons (Fsp3) is 0.429. The van der Waals surface area contributed by atoms with E-state index in [0.29, 0.717) is 37.1 Å². The van der Waals surface area contributed by atoms with E-state index in [1.165, 1.54) is 6.26 Å². The van der Waals surface area contributed by atoms with Crippen LogP contribution >= 0.6 is 0 Å². The maximum absolute atomic E-state index is 12.2. The first-order valence-electron chi connectivity index (χ1n) is 6.43. The Morgan fingerprint density at radius 2 is 1.70 bits per heavy atom. The van der Waals surface area contributed by atoms with Crippen LogP contribution in [0.2, 0.25) is 0 Å². The number of ketones is 1. The van der Waals surface area contributed by atoms with Crippen LogP contribution in [0, 0.1) is 0 Å². The molecule has 0 radical (unpaired) electrons. The molecular weight excluding hydrogens is 278 g/mol. The Balaban J connectivity index is 2.06. The molecule has 0 N–H and O–H groups in total. The van der Waals surface area contributed by atoms with E-state index in [1.54, 1.807) is 29.2 Å². The Labute approximate surface area is 118 Å². The van der Waals surface area contributed by atoms with Crippen LogP contribution in [-0.2, 0) is 20.4 Å². The van der Waals surface area contributed by atoms with E-state index < -0.39 is 9.84 Å². The minimum absolute atomic E-state index is 0.0281. The molecule has 1 fully saturated rings. The van der Waals surface area contributed by atoms with E-state index in [2.05, 4.69) is 0 Å². The quantitative estimate of drug-likeness (QED) is 0.835. The molecule has 108 valence electrons. The lowest BCUT2D eigenvalue weighted by molar-refractivity contribution is -0.120. The maximum atomic E-state index is 12.2. The number of likely N-dealkylation sites (tertiary alicyclic amines) is 1. The van der Waals surface area contributed by atoms with Gasteiger partial charge in [0.2, 0.25) is 0 Å². The van der Waals surface area contributed by atoms with Crippen molar-refractivity contribution in [2.75, 3.05) is 19.3 Å². The van der Waals surface area contributed by atoms with Crippen molar-refractivity contribution < 1.29 is 18.0 Å². The predicted octanol–water partition coefficient (Wildman–Crippen LogP) is 1.04. The Morgan fingerprint density at radius 3 is 2.20 bits per heavy atom. The third-order valence-electron chi connectivity index (χ3n) is 3.24. The Morgan fingerprint density at radius 1 is 1.15 bits per heavy atom. The van der Waals surface area contributed by atoms with E-state index in [1.807, 2.05) is 0 Å². The van der Waals surface area contributed by atoms with Crippen molar-refractivity contribution in [3.8, 4) is 0 Å². The van der Waals surface area contributed by atoms with Crippen LogP contribution < -0.4 is 0 Å². The highest BCUT2D eigenvalue weighted by atomic mass is 32.2. The number of benzene rings is 1. The van der Waals surface area contributed by atoms with E-state index in [4.69, 9.17) is 0 Å². The van der Waals surface area contributed by atoms with Gasteiger partial charge in [-0.25, -0.2) is 8.42 Å². The molecule has 0 bridgehead atoms. The summed E-state index contributed by atoms with van der Waals surface area (Å²) in [6.45, 7) is 0.922. The second kappa shape index (κ2) is 5.75. The first-order valence-corrected chi connectivity index (χ1v) is 8.49. The number of nitrogens with zero attached hydrogens (tertiary/aromatic N) is 1. The number of carbonyl (C=O) groups is 2. The summed E-state index contributed by atoms with van der Waals surface area (Å²) in [5.74, 6) is 0.0561. The second-order valence-corrected chi connectivity index (χ2v) is 7.24. The summed E-state index contributed by atoms with van der Waals surface area (Å²) < 4.78 is 22.4. The molecule has 0 atom stereocenters. The molecule has 1 heterocycles. The minimum atomic E-state index is -3.07. The van der Waals surface area contributed by atoms with Crippen molar-refractivity contribution >= 4 is 21.5 Å². The number of amides is 1. The normalized spacial score (nSPS) is 16.2. The third kappa shape index (κ3) is 3.90. The fourth-order valence-corrected chi connectivity index (χ4v) is 2.99. The molecule has 0 aromatic heterocycles. The number of sulfone groups is 1. The van der Waals surface area contributed by atoms with Gasteiger partial charge in [0.1, 0.15) is 5.78 Å². The lowest BCUT2D eigenvalue weighted by Crippen LogP contribution is -2.38. The molecule has 1 aliphatic heterocycles. The van der Waals surface area contributed by atoms with Crippen LogP contribution in [0.4, 0.5) is 0 Å². The molecule has 1 amide bonds. The highest BCUT2D eigenvalue weighted by Crippen LogP contribution is 2.13. The predicted molar refractivity (Wildman–Crippen MR) is 75.1 cm³/mol. The number of rotatable bonds is 3. The Hall–Kier alpha value is -1.69. The second-order valence-electron chi connectivity index (χ2n) is 5.10. The van der Waals surface area contributed by atoms with Crippen molar-refractivity contribution in [2.45, 2.75) is 18.6 Å². The molecule has 1 aliphatic rings. The zero-order valence-corrected chi connectivity index (χ0v) is 12.1. The number of carbonyl (C=O) groups excluding carboxylic acids is 2. The number of Topliss-reactive ketones (excluding diaryl/α,β-unsaturated/α-hetero) is 1. The van der Waals surface area contributed by atoms with Crippen LogP contribution in [0.1, 0.15) is 28.8 Å². The molecule has 0 unspecified atom stereocenters. The third-order valence-corrected chi connectivity index (χ3v) is 4.10. The van der Waals surface area contributed by atoms with Gasteiger partial charge in [0.05, 0.1) is 5.75 Å². The largest absolute Gasteiger partial charge is 0.338 e. The van der Waals surface area contributed by atoms with Crippen LogP contribution in [0.3, 0.4) is 0 Å². The molecule has 2 rings (SSSR count). The van der Waals surface area contributed by atoms with Crippen LogP contribution in [0.15, 0.2) is 24.3 Å². The van der Waals surface area contributed by atoms with Gasteiger partial charge in [-0.05, 0) is 17.7 Å². The molecule has 1 aromatic rings. The average Bonchev–Trinajstić information content (AvgIpc) is 2.38. The number of hydrogen-bond donors (Lipinski definition) is 0. The van der Waals surface area contributed by atoms with Gasteiger partial charge in [0.25, 0.3) is 5.91 Å². The first kappa shape index (κ1) is 14.7. The van der Waals surface area contributed by atoms with E-state index >= 15 is 0 Å². The average molecular weight is 295 g/mol. The summed E-state index contributed by atoms with van der Waals surface area (Å²) in [6, 6.07) is 6.59. The zero-order chi connectivity index (χ0) is 14.8. The van der Waals surface area contributed by atoms with E-state index in [-0.39, 0.29) is 17.4 Å². The molecule has 6 heteroatoms. The van der Waals surface area contributed by atoms with Gasteiger partial charge in [-0.3, -0.25) is 9.59 Å². The zero-order valence-electron chi connectivity index (χ0n) is 11.3. The van der Waals surface area contributed by atoms with Crippen molar-refractivity contribution in [1.82, 2.24) is 4.90 Å². The van der Waals surface area contributed by atoms with Gasteiger partial charge in [-0.2, -0.15) is 0 Å². The molecule has 1 aromatic carbocycles. The van der Waals surface area contributed by atoms with Gasteiger partial charge < -0.3 is 4.90 Å². The summed E-state index contributed by atoms with van der Waals surface area (Å²) >= 11 is 0. The van der Waals surface area contributed by atoms with Crippen molar-refractivity contribution in [1.29, 1.82) is 0 Å². The smallest absolute Gasteiger partial charge is 0.253 e. The topological polar surface area (TPSA) is 71.5 Å². The van der Waals surface area contributed by atoms with E-state index in [9.17, 15) is 18.0 Å². The summed E-state index contributed by atoms with van der Waals surface area (Å²) in [5.41, 5.74) is 1.19. The minimum Gasteiger partial charge on any atom is -0.338 e. The van der Waals surface area contributed by atoms with Crippen molar-refractivity contribution in [3.63, 3.8) is 0 Å². The Kier molecular flexibility index (Phi) is 4.23. The van der Waals surface area contributed by atoms with Gasteiger partial charge in [-0.1, -0.05) is 12.1 Å². The highest BCUT2D eigenvalue weighted by Gasteiger charge is 2.21. The molecule has 1 saturated heterocycles. The molecule has 0 spiro atoms. The van der Waals surface area contributed by atoms with Crippen LogP contribution in [-0.4, -0.2) is 44.4 Å². The lowest BCUT2D eigenvalue weighted by Gasteiger charge is -2.26. The van der Waals surface area contributed by atoms with Crippen molar-refractivity contribution in [3.05, 3.63) is 35.4 Å². The number of piperidine rings is 1. The monoisotopic (exact) mass is 295 g/mol.